The van der Waals surface area contributed by atoms with E-state index in [9.17, 15) is 13.2 Å². The number of aromatic nitrogens is 4. The number of nitrogens with zero attached hydrogens (tertiary/aromatic N) is 6. The van der Waals surface area contributed by atoms with Crippen molar-refractivity contribution >= 4 is 23.8 Å². The summed E-state index contributed by atoms with van der Waals surface area (Å²) >= 11 is 0. The molecule has 3 N–H and O–H groups in total. The summed E-state index contributed by atoms with van der Waals surface area (Å²) < 4.78 is 41.6. The van der Waals surface area contributed by atoms with E-state index in [1.54, 1.807) is 12.0 Å². The molecule has 0 bridgehead atoms. The summed E-state index contributed by atoms with van der Waals surface area (Å²) in [6.07, 6.45) is 0.0501. The van der Waals surface area contributed by atoms with Crippen molar-refractivity contribution in [3.63, 3.8) is 0 Å². The number of rotatable bonds is 7. The lowest BCUT2D eigenvalue weighted by atomic mass is 10.0. The van der Waals surface area contributed by atoms with Crippen LogP contribution in [-0.4, -0.2) is 43.7 Å². The minimum Gasteiger partial charge on any atom is -0.370 e. The summed E-state index contributed by atoms with van der Waals surface area (Å²) in [6.45, 7) is 8.01. The van der Waals surface area contributed by atoms with E-state index in [0.29, 0.717) is 12.4 Å². The smallest absolute Gasteiger partial charge is 0.370 e. The summed E-state index contributed by atoms with van der Waals surface area (Å²) in [7, 11) is 0. The molecule has 1 unspecified atom stereocenters. The highest BCUT2D eigenvalue weighted by atomic mass is 19.4. The van der Waals surface area contributed by atoms with E-state index in [-0.39, 0.29) is 23.8 Å². The summed E-state index contributed by atoms with van der Waals surface area (Å²) in [6, 6.07) is 2.23. The maximum Gasteiger partial charge on any atom is 0.421 e. The second-order valence-electron chi connectivity index (χ2n) is 8.25. The Bertz CT molecular complexity index is 978. The van der Waals surface area contributed by atoms with Crippen LogP contribution < -0.4 is 16.1 Å². The van der Waals surface area contributed by atoms with Crippen molar-refractivity contribution < 1.29 is 13.2 Å². The molecule has 1 aliphatic carbocycles. The maximum atomic E-state index is 13.2. The van der Waals surface area contributed by atoms with E-state index in [1.165, 1.54) is 0 Å². The first-order valence-corrected chi connectivity index (χ1v) is 10.2. The number of anilines is 3. The van der Waals surface area contributed by atoms with Crippen LogP contribution in [0.15, 0.2) is 17.4 Å². The maximum absolute atomic E-state index is 13.2. The van der Waals surface area contributed by atoms with Gasteiger partial charge >= 0.3 is 6.18 Å². The van der Waals surface area contributed by atoms with Gasteiger partial charge in [0.25, 0.3) is 0 Å². The minimum atomic E-state index is -4.54. The molecule has 0 radical (unpaired) electrons. The van der Waals surface area contributed by atoms with Crippen LogP contribution in [-0.2, 0) is 11.7 Å². The van der Waals surface area contributed by atoms with Crippen molar-refractivity contribution in [2.24, 2.45) is 5.10 Å². The molecule has 0 amide bonds. The topological polar surface area (TPSA) is 95.3 Å². The van der Waals surface area contributed by atoms with Gasteiger partial charge in [-0.05, 0) is 40.5 Å². The predicted octanol–water partition coefficient (Wildman–Crippen LogP) is 3.63. The van der Waals surface area contributed by atoms with Gasteiger partial charge in [0.1, 0.15) is 22.7 Å². The molecule has 0 aromatic carbocycles. The van der Waals surface area contributed by atoms with Crippen LogP contribution in [0.5, 0.6) is 0 Å². The van der Waals surface area contributed by atoms with Gasteiger partial charge in [-0.2, -0.15) is 28.4 Å². The van der Waals surface area contributed by atoms with E-state index in [2.05, 4.69) is 31.1 Å². The van der Waals surface area contributed by atoms with Gasteiger partial charge < -0.3 is 10.6 Å². The van der Waals surface area contributed by atoms with E-state index < -0.39 is 17.3 Å². The van der Waals surface area contributed by atoms with Crippen molar-refractivity contribution in [3.05, 3.63) is 23.5 Å². The van der Waals surface area contributed by atoms with Gasteiger partial charge in [-0.1, -0.05) is 0 Å². The van der Waals surface area contributed by atoms with Crippen LogP contribution >= 0.6 is 0 Å². The van der Waals surface area contributed by atoms with E-state index in [4.69, 9.17) is 5.10 Å². The van der Waals surface area contributed by atoms with Gasteiger partial charge in [0.2, 0.25) is 5.95 Å². The Morgan fingerprint density at radius 2 is 2.00 bits per heavy atom. The molecule has 2 aromatic rings. The number of halogens is 3. The van der Waals surface area contributed by atoms with Crippen LogP contribution in [0.25, 0.3) is 0 Å². The second-order valence-corrected chi connectivity index (χ2v) is 8.25. The van der Waals surface area contributed by atoms with Crippen LogP contribution in [0, 0.1) is 0 Å². The number of alkyl halides is 3. The summed E-state index contributed by atoms with van der Waals surface area (Å²) in [5.74, 6) is 0.445. The van der Waals surface area contributed by atoms with Gasteiger partial charge in [-0.3, -0.25) is 0 Å². The Morgan fingerprint density at radius 3 is 2.58 bits per heavy atom. The zero-order chi connectivity index (χ0) is 22.4. The molecule has 2 aromatic heterocycles. The molecule has 0 saturated heterocycles. The Morgan fingerprint density at radius 1 is 1.26 bits per heavy atom. The molecule has 1 saturated carbocycles. The quantitative estimate of drug-likeness (QED) is 0.609. The Balaban J connectivity index is 1.64. The fraction of sp³-hybridized carbons (Fsp3) is 0.579. The van der Waals surface area contributed by atoms with Crippen molar-refractivity contribution in [1.82, 2.24) is 30.3 Å². The zero-order valence-electron chi connectivity index (χ0n) is 17.8. The summed E-state index contributed by atoms with van der Waals surface area (Å²) in [5, 5.41) is 16.7. The Kier molecular flexibility index (Phi) is 5.28. The molecule has 1 fully saturated rings. The van der Waals surface area contributed by atoms with Gasteiger partial charge in [-0.15, -0.1) is 0 Å². The van der Waals surface area contributed by atoms with Crippen molar-refractivity contribution in [2.45, 2.75) is 64.3 Å². The molecular weight excluding hydrogens is 411 g/mol. The van der Waals surface area contributed by atoms with Crippen molar-refractivity contribution in [3.8, 4) is 0 Å². The van der Waals surface area contributed by atoms with Crippen LogP contribution in [0.3, 0.4) is 0 Å². The first-order chi connectivity index (χ1) is 14.6. The molecule has 9 nitrogen and oxygen atoms in total. The Hall–Kier alpha value is -2.89. The van der Waals surface area contributed by atoms with Gasteiger partial charge in [0, 0.05) is 25.0 Å². The average molecular weight is 437 g/mol. The monoisotopic (exact) mass is 437 g/mol. The highest BCUT2D eigenvalue weighted by Gasteiger charge is 2.38. The van der Waals surface area contributed by atoms with E-state index in [0.717, 1.165) is 24.7 Å². The standard InChI is InChI=1S/C19H26F3N9/c1-5-23-16-13(19(20,21)22)10-24-17(27-16)26-15-8-14(29-30(15)12-6-7-12)18(3,4)31-25-9-11(2)28-31/h8-12,28H,5-7H2,1-4H3,(H2,23,24,26,27). The number of hydrogen-bond acceptors (Lipinski definition) is 8. The molecule has 0 spiro atoms. The molecule has 168 valence electrons. The number of hydrazine groups is 1. The predicted molar refractivity (Wildman–Crippen MR) is 111 cm³/mol. The van der Waals surface area contributed by atoms with E-state index >= 15 is 0 Å². The normalized spacial score (nSPS) is 19.2. The van der Waals surface area contributed by atoms with Gasteiger partial charge in [-0.25, -0.2) is 20.2 Å². The molecular formula is C19H26F3N9. The van der Waals surface area contributed by atoms with Crippen LogP contribution in [0.4, 0.5) is 30.8 Å². The zero-order valence-corrected chi connectivity index (χ0v) is 17.8. The lowest BCUT2D eigenvalue weighted by Crippen LogP contribution is -2.46. The van der Waals surface area contributed by atoms with E-state index in [1.807, 2.05) is 37.7 Å². The van der Waals surface area contributed by atoms with Crippen molar-refractivity contribution in [2.75, 3.05) is 17.2 Å². The lowest BCUT2D eigenvalue weighted by molar-refractivity contribution is -0.137. The molecule has 1 aliphatic heterocycles. The molecule has 2 aliphatic rings. The van der Waals surface area contributed by atoms with Crippen molar-refractivity contribution in [1.29, 1.82) is 0 Å². The molecule has 12 heteroatoms. The molecule has 1 atom stereocenters. The number of hydrogen-bond donors (Lipinski definition) is 3. The van der Waals surface area contributed by atoms with Crippen LogP contribution in [0.2, 0.25) is 0 Å². The van der Waals surface area contributed by atoms with Crippen LogP contribution in [0.1, 0.15) is 57.8 Å². The lowest BCUT2D eigenvalue weighted by Gasteiger charge is -2.32. The minimum absolute atomic E-state index is 0.0704. The SMILES string of the molecule is CCNc1nc(Nc2cc(C(C)(C)N3N=CC(C)N3)nn2C2CC2)ncc1C(F)(F)F. The summed E-state index contributed by atoms with van der Waals surface area (Å²) in [4.78, 5) is 7.96. The first-order valence-electron chi connectivity index (χ1n) is 10.2. The highest BCUT2D eigenvalue weighted by Crippen LogP contribution is 2.40. The third-order valence-corrected chi connectivity index (χ3v) is 5.19. The van der Waals surface area contributed by atoms with Gasteiger partial charge in [0.15, 0.2) is 0 Å². The second kappa shape index (κ2) is 7.66. The number of hydrazone groups is 1. The first kappa shape index (κ1) is 21.3. The molecule has 4 rings (SSSR count). The summed E-state index contributed by atoms with van der Waals surface area (Å²) in [5.41, 5.74) is 2.58. The third-order valence-electron chi connectivity index (χ3n) is 5.19. The van der Waals surface area contributed by atoms with Gasteiger partial charge in [0.05, 0.1) is 17.8 Å². The number of nitrogens with one attached hydrogen (secondary N) is 3. The Labute approximate surface area is 178 Å². The molecule has 31 heavy (non-hydrogen) atoms. The molecule has 3 heterocycles. The largest absolute Gasteiger partial charge is 0.421 e. The average Bonchev–Trinajstić information content (AvgIpc) is 3.28. The third kappa shape index (κ3) is 4.29. The fourth-order valence-electron chi connectivity index (χ4n) is 3.29. The highest BCUT2D eigenvalue weighted by molar-refractivity contribution is 5.65. The fourth-order valence-corrected chi connectivity index (χ4v) is 3.29.